The lowest BCUT2D eigenvalue weighted by atomic mass is 9.98. The van der Waals surface area contributed by atoms with Gasteiger partial charge in [-0.15, -0.1) is 0 Å². The fourth-order valence-electron chi connectivity index (χ4n) is 4.45. The van der Waals surface area contributed by atoms with Crippen LogP contribution < -0.4 is 15.3 Å². The predicted octanol–water partition coefficient (Wildman–Crippen LogP) is 3.38. The van der Waals surface area contributed by atoms with Gasteiger partial charge in [-0.1, -0.05) is 0 Å². The quantitative estimate of drug-likeness (QED) is 0.293. The molecule has 2 aromatic heterocycles. The molecule has 8 nitrogen and oxygen atoms in total. The normalized spacial score (nSPS) is 14.6. The number of hydrogen-bond donors (Lipinski definition) is 0. The van der Waals surface area contributed by atoms with Crippen LogP contribution in [0.5, 0.6) is 5.75 Å². The Morgan fingerprint density at radius 1 is 1.09 bits per heavy atom. The number of rotatable bonds is 8. The Bertz CT molecular complexity index is 1180. The first-order chi connectivity index (χ1) is 15.9. The molecule has 0 bridgehead atoms. The molecule has 0 unspecified atom stereocenters. The summed E-state index contributed by atoms with van der Waals surface area (Å²) >= 11 is 0. The number of hydrogen-bond acceptors (Lipinski definition) is 8. The van der Waals surface area contributed by atoms with Crippen LogP contribution in [0.4, 0.5) is 5.82 Å². The van der Waals surface area contributed by atoms with Gasteiger partial charge in [-0.05, 0) is 57.4 Å². The van der Waals surface area contributed by atoms with Crippen LogP contribution in [-0.4, -0.2) is 60.0 Å². The summed E-state index contributed by atoms with van der Waals surface area (Å²) in [6.45, 7) is 10.6. The first-order valence-electron chi connectivity index (χ1n) is 11.4. The first-order valence-corrected chi connectivity index (χ1v) is 11.4. The Morgan fingerprint density at radius 2 is 1.88 bits per heavy atom. The largest absolute Gasteiger partial charge is 0.492 e. The summed E-state index contributed by atoms with van der Waals surface area (Å²) in [5.41, 5.74) is 2.11. The summed E-state index contributed by atoms with van der Waals surface area (Å²) in [6, 6.07) is 3.18. The van der Waals surface area contributed by atoms with Gasteiger partial charge >= 0.3 is 5.63 Å². The maximum Gasteiger partial charge on any atom is 0.336 e. The molecule has 0 saturated carbocycles. The summed E-state index contributed by atoms with van der Waals surface area (Å²) in [7, 11) is 0. The number of carbonyl (C=O) groups excluding carboxylic acids is 1. The molecule has 1 fully saturated rings. The Kier molecular flexibility index (Phi) is 7.03. The van der Waals surface area contributed by atoms with E-state index in [9.17, 15) is 9.59 Å². The molecule has 4 rings (SSSR count). The van der Waals surface area contributed by atoms with E-state index in [1.165, 1.54) is 13.0 Å². The molecule has 0 amide bonds. The predicted molar refractivity (Wildman–Crippen MR) is 127 cm³/mol. The lowest BCUT2D eigenvalue weighted by Gasteiger charge is -2.35. The third kappa shape index (κ3) is 5.22. The highest BCUT2D eigenvalue weighted by atomic mass is 16.5. The summed E-state index contributed by atoms with van der Waals surface area (Å²) in [4.78, 5) is 37.4. The van der Waals surface area contributed by atoms with E-state index < -0.39 is 5.63 Å². The third-order valence-corrected chi connectivity index (χ3v) is 6.09. The zero-order valence-corrected chi connectivity index (χ0v) is 19.5. The first kappa shape index (κ1) is 22.9. The molecular formula is C25H30N4O4. The van der Waals surface area contributed by atoms with E-state index in [0.717, 1.165) is 62.5 Å². The Balaban J connectivity index is 1.34. The van der Waals surface area contributed by atoms with Gasteiger partial charge in [-0.3, -0.25) is 14.7 Å². The van der Waals surface area contributed by atoms with E-state index in [0.29, 0.717) is 28.9 Å². The smallest absolute Gasteiger partial charge is 0.336 e. The zero-order valence-electron chi connectivity index (χ0n) is 19.5. The number of ketones is 1. The summed E-state index contributed by atoms with van der Waals surface area (Å²) in [5, 5.41) is 0.700. The van der Waals surface area contributed by atoms with Gasteiger partial charge in [0.2, 0.25) is 0 Å². The van der Waals surface area contributed by atoms with Gasteiger partial charge in [0.05, 0.1) is 23.8 Å². The Labute approximate surface area is 193 Å². The zero-order chi connectivity index (χ0) is 23.4. The fourth-order valence-corrected chi connectivity index (χ4v) is 4.45. The van der Waals surface area contributed by atoms with Crippen molar-refractivity contribution in [2.75, 3.05) is 44.2 Å². The molecule has 8 heteroatoms. The number of benzene rings is 1. The van der Waals surface area contributed by atoms with Crippen molar-refractivity contribution in [1.82, 2.24) is 14.9 Å². The van der Waals surface area contributed by atoms with E-state index in [1.807, 2.05) is 20.0 Å². The molecule has 1 saturated heterocycles. The highest BCUT2D eigenvalue weighted by Crippen LogP contribution is 2.34. The van der Waals surface area contributed by atoms with Crippen molar-refractivity contribution in [3.05, 3.63) is 57.8 Å². The second-order valence-electron chi connectivity index (χ2n) is 8.52. The Morgan fingerprint density at radius 3 is 2.58 bits per heavy atom. The van der Waals surface area contributed by atoms with Crippen molar-refractivity contribution in [3.8, 4) is 5.75 Å². The molecule has 3 heterocycles. The molecule has 1 aromatic carbocycles. The summed E-state index contributed by atoms with van der Waals surface area (Å²) in [6.07, 6.45) is 7.10. The minimum atomic E-state index is -0.402. The van der Waals surface area contributed by atoms with E-state index in [1.54, 1.807) is 18.5 Å². The lowest BCUT2D eigenvalue weighted by Crippen LogP contribution is -2.47. The summed E-state index contributed by atoms with van der Waals surface area (Å²) in [5.74, 6) is 1.40. The average Bonchev–Trinajstić information content (AvgIpc) is 2.78. The number of anilines is 1. The number of aromatic nitrogens is 2. The molecule has 0 radical (unpaired) electrons. The van der Waals surface area contributed by atoms with Gasteiger partial charge in [0, 0.05) is 44.6 Å². The van der Waals surface area contributed by atoms with Crippen LogP contribution in [0.15, 0.2) is 39.9 Å². The molecule has 0 aliphatic carbocycles. The van der Waals surface area contributed by atoms with Crippen LogP contribution in [0.2, 0.25) is 0 Å². The van der Waals surface area contributed by atoms with Gasteiger partial charge in [0.25, 0.3) is 0 Å². The van der Waals surface area contributed by atoms with Gasteiger partial charge in [-0.25, -0.2) is 9.78 Å². The van der Waals surface area contributed by atoms with Gasteiger partial charge in [0.1, 0.15) is 17.2 Å². The van der Waals surface area contributed by atoms with Crippen LogP contribution >= 0.6 is 0 Å². The lowest BCUT2D eigenvalue weighted by molar-refractivity contribution is 0.101. The van der Waals surface area contributed by atoms with Gasteiger partial charge in [0.15, 0.2) is 5.78 Å². The van der Waals surface area contributed by atoms with Crippen molar-refractivity contribution in [3.63, 3.8) is 0 Å². The number of fused-ring (bicyclic) bond motifs is 1. The van der Waals surface area contributed by atoms with Crippen molar-refractivity contribution >= 4 is 22.6 Å². The van der Waals surface area contributed by atoms with Crippen LogP contribution in [-0.2, 0) is 0 Å². The van der Waals surface area contributed by atoms with Gasteiger partial charge in [-0.2, -0.15) is 0 Å². The van der Waals surface area contributed by atoms with Crippen molar-refractivity contribution in [2.45, 2.75) is 33.6 Å². The third-order valence-electron chi connectivity index (χ3n) is 6.09. The molecular weight excluding hydrogens is 420 g/mol. The second kappa shape index (κ2) is 10.1. The van der Waals surface area contributed by atoms with Crippen LogP contribution in [0.25, 0.3) is 11.0 Å². The molecule has 0 atom stereocenters. The standard InChI is InChI=1S/C25H30N4O4/c1-17-14-20-24(18(2)15-22(31)33-20)25(23(17)19(3)30)32-13-5-4-8-28-9-11-29(12-10-28)21-16-26-6-7-27-21/h6-7,14-16H,4-5,8-13H2,1-3H3. The number of Topliss-reactive ketones (excluding diaryl/α,β-unsaturated/α-hetero) is 1. The monoisotopic (exact) mass is 450 g/mol. The van der Waals surface area contributed by atoms with Crippen molar-refractivity contribution in [1.29, 1.82) is 0 Å². The summed E-state index contributed by atoms with van der Waals surface area (Å²) < 4.78 is 11.5. The Hall–Kier alpha value is -3.26. The maximum atomic E-state index is 12.3. The second-order valence-corrected chi connectivity index (χ2v) is 8.52. The molecule has 1 aliphatic heterocycles. The minimum absolute atomic E-state index is 0.0593. The van der Waals surface area contributed by atoms with Crippen LogP contribution in [0.1, 0.15) is 41.3 Å². The van der Waals surface area contributed by atoms with Crippen molar-refractivity contribution in [2.24, 2.45) is 0 Å². The molecule has 1 aliphatic rings. The molecule has 3 aromatic rings. The van der Waals surface area contributed by atoms with E-state index >= 15 is 0 Å². The van der Waals surface area contributed by atoms with Crippen LogP contribution in [0, 0.1) is 13.8 Å². The molecule has 0 spiro atoms. The molecule has 174 valence electrons. The SMILES string of the molecule is CC(=O)c1c(C)cc2oc(=O)cc(C)c2c1OCCCCN1CCN(c2cnccn2)CC1. The number of piperazine rings is 1. The van der Waals surface area contributed by atoms with E-state index in [2.05, 4.69) is 19.8 Å². The van der Waals surface area contributed by atoms with Crippen molar-refractivity contribution < 1.29 is 13.9 Å². The number of aryl methyl sites for hydroxylation is 2. The minimum Gasteiger partial charge on any atom is -0.492 e. The number of nitrogens with zero attached hydrogens (tertiary/aromatic N) is 4. The van der Waals surface area contributed by atoms with Crippen LogP contribution in [0.3, 0.4) is 0 Å². The number of unbranched alkanes of at least 4 members (excludes halogenated alkanes) is 1. The highest BCUT2D eigenvalue weighted by Gasteiger charge is 2.20. The average molecular weight is 451 g/mol. The number of carbonyl (C=O) groups is 1. The van der Waals surface area contributed by atoms with E-state index in [4.69, 9.17) is 9.15 Å². The van der Waals surface area contributed by atoms with E-state index in [-0.39, 0.29) is 5.78 Å². The fraction of sp³-hybridized carbons (Fsp3) is 0.440. The molecule has 0 N–H and O–H groups in total. The topological polar surface area (TPSA) is 88.8 Å². The number of ether oxygens (including phenoxy) is 1. The molecule has 33 heavy (non-hydrogen) atoms. The van der Waals surface area contributed by atoms with Gasteiger partial charge < -0.3 is 14.1 Å². The maximum absolute atomic E-state index is 12.3. The highest BCUT2D eigenvalue weighted by molar-refractivity contribution is 6.04.